The number of hydrogen-bond donors (Lipinski definition) is 2. The quantitative estimate of drug-likeness (QED) is 0.736. The molecule has 0 unspecified atom stereocenters. The minimum absolute atomic E-state index is 0.0861. The van der Waals surface area contributed by atoms with Crippen LogP contribution in [0.3, 0.4) is 0 Å². The van der Waals surface area contributed by atoms with Gasteiger partial charge in [-0.1, -0.05) is 0 Å². The lowest BCUT2D eigenvalue weighted by atomic mass is 10.1. The van der Waals surface area contributed by atoms with Crippen molar-refractivity contribution in [1.29, 1.82) is 5.26 Å². The maximum absolute atomic E-state index is 13.1. The lowest BCUT2D eigenvalue weighted by molar-refractivity contribution is -0.137. The number of benzene rings is 1. The van der Waals surface area contributed by atoms with Gasteiger partial charge >= 0.3 is 6.18 Å². The van der Waals surface area contributed by atoms with Gasteiger partial charge in [-0.05, 0) is 41.9 Å². The zero-order valence-corrected chi connectivity index (χ0v) is 12.6. The Morgan fingerprint density at radius 2 is 2.08 bits per heavy atom. The van der Waals surface area contributed by atoms with Crippen LogP contribution in [0.4, 0.5) is 23.9 Å². The van der Waals surface area contributed by atoms with Gasteiger partial charge in [-0.2, -0.15) is 18.4 Å². The molecule has 0 atom stereocenters. The fourth-order valence-corrected chi connectivity index (χ4v) is 2.78. The number of nitrogens with one attached hydrogen (secondary N) is 2. The Bertz CT molecular complexity index is 965. The number of hydrogen-bond acceptors (Lipinski definition) is 5. The maximum atomic E-state index is 13.1. The van der Waals surface area contributed by atoms with Crippen molar-refractivity contribution in [3.8, 4) is 17.4 Å². The third kappa shape index (κ3) is 3.04. The van der Waals surface area contributed by atoms with E-state index in [2.05, 4.69) is 9.69 Å². The zero-order chi connectivity index (χ0) is 17.3. The summed E-state index contributed by atoms with van der Waals surface area (Å²) in [6, 6.07) is 8.13. The van der Waals surface area contributed by atoms with Crippen LogP contribution in [0, 0.1) is 11.3 Å². The molecule has 3 aromatic rings. The summed E-state index contributed by atoms with van der Waals surface area (Å²) in [5, 5.41) is 11.8. The first-order valence-corrected chi connectivity index (χ1v) is 7.35. The smallest absolute Gasteiger partial charge is 0.416 e. The Balaban J connectivity index is 2.08. The summed E-state index contributed by atoms with van der Waals surface area (Å²) in [6.45, 7) is 0. The van der Waals surface area contributed by atoms with Crippen LogP contribution in [0.5, 0.6) is 0 Å². The number of aromatic nitrogens is 1. The average Bonchev–Trinajstić information content (AvgIpc) is 3.16. The highest BCUT2D eigenvalue weighted by Crippen LogP contribution is 2.36. The van der Waals surface area contributed by atoms with Crippen LogP contribution in [-0.2, 0) is 6.18 Å². The van der Waals surface area contributed by atoms with E-state index >= 15 is 0 Å². The fraction of sp³-hybridized carbons (Fsp3) is 0.0667. The summed E-state index contributed by atoms with van der Waals surface area (Å²) < 4.78 is 46.8. The zero-order valence-electron chi connectivity index (χ0n) is 11.8. The molecular weight excluding hydrogens is 343 g/mol. The molecule has 0 aliphatic heterocycles. The molecule has 0 spiro atoms. The molecule has 0 amide bonds. The van der Waals surface area contributed by atoms with E-state index < -0.39 is 17.3 Å². The number of anilines is 2. The van der Waals surface area contributed by atoms with Crippen LogP contribution in [0.2, 0.25) is 0 Å². The summed E-state index contributed by atoms with van der Waals surface area (Å²) >= 11 is 0.836. The molecule has 9 heteroatoms. The Hall–Kier alpha value is -2.99. The predicted octanol–water partition coefficient (Wildman–Crippen LogP) is 4.33. The Kier molecular flexibility index (Phi) is 3.91. The van der Waals surface area contributed by atoms with Crippen molar-refractivity contribution in [2.24, 2.45) is 0 Å². The van der Waals surface area contributed by atoms with E-state index in [4.69, 9.17) is 9.68 Å². The van der Waals surface area contributed by atoms with E-state index in [0.29, 0.717) is 0 Å². The molecule has 0 saturated heterocycles. The third-order valence-corrected chi connectivity index (χ3v) is 3.93. The number of furan rings is 1. The van der Waals surface area contributed by atoms with Gasteiger partial charge in [0.15, 0.2) is 5.56 Å². The highest BCUT2D eigenvalue weighted by Gasteiger charge is 2.31. The van der Waals surface area contributed by atoms with E-state index in [0.717, 1.165) is 23.7 Å². The topological polar surface area (TPSA) is 81.8 Å². The molecular formula is C15H8F3N3O2S. The standard InChI is InChI=1S/C15H8F3N3O2S/c16-15(17,18)9-4-8(12-2-1-3-23-12)5-10(6-9)20-14-11(7-19)13(22)21-24-14/h1-6,20H,(H,21,22). The van der Waals surface area contributed by atoms with Crippen LogP contribution in [0.1, 0.15) is 11.1 Å². The molecule has 122 valence electrons. The molecule has 24 heavy (non-hydrogen) atoms. The third-order valence-electron chi connectivity index (χ3n) is 3.14. The van der Waals surface area contributed by atoms with E-state index in [9.17, 15) is 18.0 Å². The Morgan fingerprint density at radius 1 is 1.29 bits per heavy atom. The highest BCUT2D eigenvalue weighted by atomic mass is 32.1. The molecule has 2 N–H and O–H groups in total. The average molecular weight is 351 g/mol. The maximum Gasteiger partial charge on any atom is 0.416 e. The molecule has 3 rings (SSSR count). The van der Waals surface area contributed by atoms with Gasteiger partial charge in [0.1, 0.15) is 16.8 Å². The van der Waals surface area contributed by atoms with Crippen molar-refractivity contribution in [2.45, 2.75) is 6.18 Å². The van der Waals surface area contributed by atoms with Crippen LogP contribution in [0.15, 0.2) is 45.8 Å². The van der Waals surface area contributed by atoms with Crippen LogP contribution in [0.25, 0.3) is 11.3 Å². The number of nitriles is 1. The minimum Gasteiger partial charge on any atom is -0.464 e. The van der Waals surface area contributed by atoms with Crippen molar-refractivity contribution < 1.29 is 17.6 Å². The van der Waals surface area contributed by atoms with Crippen LogP contribution < -0.4 is 10.9 Å². The number of aromatic amines is 1. The Labute approximate surface area is 137 Å². The molecule has 2 aromatic heterocycles. The van der Waals surface area contributed by atoms with Gasteiger partial charge in [-0.25, -0.2) is 0 Å². The number of H-pyrrole nitrogens is 1. The number of rotatable bonds is 3. The summed E-state index contributed by atoms with van der Waals surface area (Å²) in [5.41, 5.74) is -1.35. The van der Waals surface area contributed by atoms with Crippen molar-refractivity contribution in [3.63, 3.8) is 0 Å². The van der Waals surface area contributed by atoms with E-state index in [1.54, 1.807) is 12.1 Å². The van der Waals surface area contributed by atoms with E-state index in [-0.39, 0.29) is 27.6 Å². The Morgan fingerprint density at radius 3 is 2.71 bits per heavy atom. The summed E-state index contributed by atoms with van der Waals surface area (Å²) in [7, 11) is 0. The van der Waals surface area contributed by atoms with Gasteiger partial charge in [-0.15, -0.1) is 0 Å². The van der Waals surface area contributed by atoms with Crippen molar-refractivity contribution in [2.75, 3.05) is 5.32 Å². The molecule has 2 heterocycles. The molecule has 0 saturated carbocycles. The van der Waals surface area contributed by atoms with Gasteiger partial charge in [0.05, 0.1) is 11.8 Å². The molecule has 0 fully saturated rings. The van der Waals surface area contributed by atoms with Gasteiger partial charge in [0.2, 0.25) is 0 Å². The van der Waals surface area contributed by atoms with E-state index in [1.807, 2.05) is 0 Å². The first kappa shape index (κ1) is 15.9. The molecule has 5 nitrogen and oxygen atoms in total. The number of halogens is 3. The van der Waals surface area contributed by atoms with Crippen LogP contribution in [-0.4, -0.2) is 4.37 Å². The van der Waals surface area contributed by atoms with Gasteiger partial charge in [0.25, 0.3) is 5.56 Å². The second-order valence-corrected chi connectivity index (χ2v) is 5.56. The second-order valence-electron chi connectivity index (χ2n) is 4.75. The highest BCUT2D eigenvalue weighted by molar-refractivity contribution is 7.10. The summed E-state index contributed by atoms with van der Waals surface area (Å²) in [5.74, 6) is 0.270. The summed E-state index contributed by atoms with van der Waals surface area (Å²) in [4.78, 5) is 11.4. The first-order chi connectivity index (χ1) is 11.4. The normalized spacial score (nSPS) is 11.2. The summed E-state index contributed by atoms with van der Waals surface area (Å²) in [6.07, 6.45) is -3.20. The van der Waals surface area contributed by atoms with E-state index in [1.165, 1.54) is 18.4 Å². The molecule has 0 radical (unpaired) electrons. The molecule has 0 aliphatic rings. The molecule has 0 bridgehead atoms. The van der Waals surface area contributed by atoms with Crippen LogP contribution >= 0.6 is 11.5 Å². The number of alkyl halides is 3. The van der Waals surface area contributed by atoms with Crippen molar-refractivity contribution in [3.05, 3.63) is 58.1 Å². The lowest BCUT2D eigenvalue weighted by Gasteiger charge is -2.12. The lowest BCUT2D eigenvalue weighted by Crippen LogP contribution is -2.06. The fourth-order valence-electron chi connectivity index (χ4n) is 2.07. The van der Waals surface area contributed by atoms with Gasteiger partial charge in [-0.3, -0.25) is 9.17 Å². The SMILES string of the molecule is N#Cc1c(Nc2cc(-c3ccco3)cc(C(F)(F)F)c2)s[nH]c1=O. The number of nitrogens with zero attached hydrogens (tertiary/aromatic N) is 1. The first-order valence-electron chi connectivity index (χ1n) is 6.53. The monoisotopic (exact) mass is 351 g/mol. The van der Waals surface area contributed by atoms with Gasteiger partial charge in [0, 0.05) is 11.3 Å². The largest absolute Gasteiger partial charge is 0.464 e. The minimum atomic E-state index is -4.55. The second kappa shape index (κ2) is 5.90. The van der Waals surface area contributed by atoms with Crippen molar-refractivity contribution in [1.82, 2.24) is 4.37 Å². The molecule has 0 aliphatic carbocycles. The van der Waals surface area contributed by atoms with Crippen molar-refractivity contribution >= 4 is 22.2 Å². The van der Waals surface area contributed by atoms with Gasteiger partial charge < -0.3 is 9.73 Å². The predicted molar refractivity (Wildman–Crippen MR) is 82.1 cm³/mol. The molecule has 1 aromatic carbocycles.